The highest BCUT2D eigenvalue weighted by Gasteiger charge is 2.20. The van der Waals surface area contributed by atoms with Gasteiger partial charge in [-0.25, -0.2) is 4.39 Å². The van der Waals surface area contributed by atoms with E-state index in [4.69, 9.17) is 11.6 Å². The molecule has 0 saturated heterocycles. The van der Waals surface area contributed by atoms with Crippen LogP contribution >= 0.6 is 24.2 Å². The van der Waals surface area contributed by atoms with E-state index < -0.39 is 18.0 Å². The van der Waals surface area contributed by atoms with Crippen LogP contribution in [0.1, 0.15) is 18.1 Å². The summed E-state index contributed by atoms with van der Waals surface area (Å²) in [5.41, 5.74) is 0.0497. The Balaban J connectivity index is 2.86. The summed E-state index contributed by atoms with van der Waals surface area (Å²) >= 11 is 9.49. The van der Waals surface area contributed by atoms with Gasteiger partial charge in [0.05, 0.1) is 6.10 Å². The molecule has 0 fully saturated rings. The van der Waals surface area contributed by atoms with Crippen molar-refractivity contribution in [3.8, 4) is 0 Å². The Hall–Kier alpha value is -0.290. The minimum absolute atomic E-state index is 0.0497. The zero-order valence-corrected chi connectivity index (χ0v) is 9.55. The fourth-order valence-corrected chi connectivity index (χ4v) is 1.66. The van der Waals surface area contributed by atoms with Crippen LogP contribution in [-0.2, 0) is 0 Å². The van der Waals surface area contributed by atoms with E-state index >= 15 is 0 Å². The molecule has 84 valence electrons. The van der Waals surface area contributed by atoms with Crippen molar-refractivity contribution in [1.29, 1.82) is 0 Å². The van der Waals surface area contributed by atoms with Crippen LogP contribution in [0.2, 0.25) is 5.02 Å². The normalized spacial score (nSPS) is 15.0. The summed E-state index contributed by atoms with van der Waals surface area (Å²) in [7, 11) is 0. The molecule has 0 amide bonds. The van der Waals surface area contributed by atoms with Crippen LogP contribution in [0.15, 0.2) is 18.2 Å². The van der Waals surface area contributed by atoms with E-state index in [-0.39, 0.29) is 10.6 Å². The van der Waals surface area contributed by atoms with Gasteiger partial charge in [-0.2, -0.15) is 12.6 Å². The Morgan fingerprint density at radius 2 is 2.07 bits per heavy atom. The van der Waals surface area contributed by atoms with Crippen molar-refractivity contribution in [2.45, 2.75) is 18.6 Å². The van der Waals surface area contributed by atoms with Gasteiger partial charge in [0.1, 0.15) is 11.9 Å². The van der Waals surface area contributed by atoms with Crippen molar-refractivity contribution in [3.05, 3.63) is 34.6 Å². The number of hydrogen-bond acceptors (Lipinski definition) is 3. The maximum atomic E-state index is 13.3. The van der Waals surface area contributed by atoms with Gasteiger partial charge in [0, 0.05) is 10.6 Å². The van der Waals surface area contributed by atoms with Gasteiger partial charge in [-0.05, 0) is 24.3 Å². The zero-order chi connectivity index (χ0) is 11.4. The molecule has 0 bridgehead atoms. The van der Waals surface area contributed by atoms with Crippen molar-refractivity contribution in [2.24, 2.45) is 0 Å². The summed E-state index contributed by atoms with van der Waals surface area (Å²) in [6.45, 7) is 0. The average molecular weight is 251 g/mol. The molecular weight excluding hydrogens is 239 g/mol. The van der Waals surface area contributed by atoms with Gasteiger partial charge in [-0.1, -0.05) is 17.7 Å². The first kappa shape index (κ1) is 12.8. The van der Waals surface area contributed by atoms with Gasteiger partial charge in [0.25, 0.3) is 0 Å². The van der Waals surface area contributed by atoms with Crippen molar-refractivity contribution in [1.82, 2.24) is 0 Å². The molecule has 0 aliphatic rings. The first-order valence-electron chi connectivity index (χ1n) is 4.48. The fraction of sp³-hybridized carbons (Fsp3) is 0.400. The Morgan fingerprint density at radius 3 is 2.60 bits per heavy atom. The van der Waals surface area contributed by atoms with E-state index in [0.29, 0.717) is 12.2 Å². The van der Waals surface area contributed by atoms with E-state index in [2.05, 4.69) is 12.6 Å². The largest absolute Gasteiger partial charge is 0.390 e. The first-order chi connectivity index (χ1) is 7.06. The Kier molecular flexibility index (Phi) is 4.86. The SMILES string of the molecule is OC(CCS)C(O)c1ccc(Cl)cc1F. The Morgan fingerprint density at radius 1 is 1.40 bits per heavy atom. The molecule has 5 heteroatoms. The maximum absolute atomic E-state index is 13.3. The van der Waals surface area contributed by atoms with Gasteiger partial charge in [0.15, 0.2) is 0 Å². The van der Waals surface area contributed by atoms with Crippen LogP contribution in [-0.4, -0.2) is 22.1 Å². The van der Waals surface area contributed by atoms with E-state index in [1.54, 1.807) is 0 Å². The molecule has 0 heterocycles. The van der Waals surface area contributed by atoms with Crippen LogP contribution in [0.25, 0.3) is 0 Å². The second-order valence-corrected chi connectivity index (χ2v) is 4.07. The number of hydrogen-bond donors (Lipinski definition) is 3. The quantitative estimate of drug-likeness (QED) is 0.717. The standard InChI is InChI=1S/C10H12ClFO2S/c11-6-1-2-7(8(12)5-6)10(14)9(13)3-4-15/h1-2,5,9-10,13-15H,3-4H2. The molecule has 15 heavy (non-hydrogen) atoms. The predicted octanol–water partition coefficient (Wildman–Crippen LogP) is 2.19. The van der Waals surface area contributed by atoms with Gasteiger partial charge >= 0.3 is 0 Å². The molecule has 2 nitrogen and oxygen atoms in total. The third-order valence-electron chi connectivity index (χ3n) is 2.07. The minimum atomic E-state index is -1.24. The molecule has 1 aromatic rings. The van der Waals surface area contributed by atoms with Crippen LogP contribution in [0.5, 0.6) is 0 Å². The smallest absolute Gasteiger partial charge is 0.130 e. The van der Waals surface area contributed by atoms with Crippen molar-refractivity contribution in [3.63, 3.8) is 0 Å². The van der Waals surface area contributed by atoms with Crippen molar-refractivity contribution >= 4 is 24.2 Å². The monoisotopic (exact) mass is 250 g/mol. The number of benzene rings is 1. The van der Waals surface area contributed by atoms with Gasteiger partial charge in [-0.3, -0.25) is 0 Å². The van der Waals surface area contributed by atoms with Gasteiger partial charge in [-0.15, -0.1) is 0 Å². The van der Waals surface area contributed by atoms with Crippen molar-refractivity contribution in [2.75, 3.05) is 5.75 Å². The summed E-state index contributed by atoms with van der Waals surface area (Å²) in [6.07, 6.45) is -1.96. The highest BCUT2D eigenvalue weighted by Crippen LogP contribution is 2.24. The molecule has 0 aromatic heterocycles. The van der Waals surface area contributed by atoms with E-state index in [0.717, 1.165) is 6.07 Å². The maximum Gasteiger partial charge on any atom is 0.130 e. The van der Waals surface area contributed by atoms with E-state index in [9.17, 15) is 14.6 Å². The molecule has 1 aromatic carbocycles. The molecule has 0 saturated carbocycles. The first-order valence-corrected chi connectivity index (χ1v) is 5.49. The highest BCUT2D eigenvalue weighted by atomic mass is 35.5. The molecule has 0 radical (unpaired) electrons. The highest BCUT2D eigenvalue weighted by molar-refractivity contribution is 7.80. The van der Waals surface area contributed by atoms with Crippen LogP contribution < -0.4 is 0 Å². The number of aliphatic hydroxyl groups is 2. The van der Waals surface area contributed by atoms with E-state index in [1.165, 1.54) is 12.1 Å². The third kappa shape index (κ3) is 3.34. The number of aliphatic hydroxyl groups excluding tert-OH is 2. The van der Waals surface area contributed by atoms with Crippen molar-refractivity contribution < 1.29 is 14.6 Å². The van der Waals surface area contributed by atoms with Crippen LogP contribution in [0.4, 0.5) is 4.39 Å². The molecule has 0 spiro atoms. The molecule has 0 aliphatic carbocycles. The topological polar surface area (TPSA) is 40.5 Å². The number of thiol groups is 1. The molecule has 2 atom stereocenters. The molecular formula is C10H12ClFO2S. The minimum Gasteiger partial charge on any atom is -0.390 e. The zero-order valence-electron chi connectivity index (χ0n) is 7.90. The second-order valence-electron chi connectivity index (χ2n) is 3.19. The summed E-state index contributed by atoms with van der Waals surface area (Å²) < 4.78 is 13.3. The van der Waals surface area contributed by atoms with Gasteiger partial charge in [0.2, 0.25) is 0 Å². The molecule has 2 unspecified atom stereocenters. The lowest BCUT2D eigenvalue weighted by Gasteiger charge is -2.17. The summed E-state index contributed by atoms with van der Waals surface area (Å²) in [6, 6.07) is 3.94. The number of rotatable bonds is 4. The lowest BCUT2D eigenvalue weighted by molar-refractivity contribution is 0.0152. The summed E-state index contributed by atoms with van der Waals surface area (Å²) in [4.78, 5) is 0. The fourth-order valence-electron chi connectivity index (χ4n) is 1.24. The summed E-state index contributed by atoms with van der Waals surface area (Å²) in [5.74, 6) is -0.193. The summed E-state index contributed by atoms with van der Waals surface area (Å²) in [5, 5.41) is 19.3. The second kappa shape index (κ2) is 5.70. The third-order valence-corrected chi connectivity index (χ3v) is 2.56. The molecule has 0 aliphatic heterocycles. The Bertz CT molecular complexity index is 335. The predicted molar refractivity (Wildman–Crippen MR) is 60.8 cm³/mol. The number of halogens is 2. The van der Waals surface area contributed by atoms with Crippen LogP contribution in [0, 0.1) is 5.82 Å². The van der Waals surface area contributed by atoms with Gasteiger partial charge < -0.3 is 10.2 Å². The van der Waals surface area contributed by atoms with E-state index in [1.807, 2.05) is 0 Å². The lowest BCUT2D eigenvalue weighted by Crippen LogP contribution is -2.19. The molecule has 2 N–H and O–H groups in total. The lowest BCUT2D eigenvalue weighted by atomic mass is 10.0. The Labute approximate surface area is 98.1 Å². The molecule has 1 rings (SSSR count). The average Bonchev–Trinajstić information content (AvgIpc) is 2.17. The van der Waals surface area contributed by atoms with Crippen LogP contribution in [0.3, 0.4) is 0 Å².